The minimum Gasteiger partial charge on any atom is -0.340 e. The highest BCUT2D eigenvalue weighted by Crippen LogP contribution is 1.93. The third kappa shape index (κ3) is 9.41. The molecule has 1 aromatic heterocycles. The first-order valence-electron chi connectivity index (χ1n) is 5.83. The summed E-state index contributed by atoms with van der Waals surface area (Å²) in [7, 11) is 0. The molecule has 1 N–H and O–H groups in total. The van der Waals surface area contributed by atoms with Gasteiger partial charge < -0.3 is 9.84 Å². The summed E-state index contributed by atoms with van der Waals surface area (Å²) in [5.41, 5.74) is 0. The van der Waals surface area contributed by atoms with Gasteiger partial charge in [-0.25, -0.2) is 0 Å². The van der Waals surface area contributed by atoms with Crippen molar-refractivity contribution in [1.82, 2.24) is 15.5 Å². The van der Waals surface area contributed by atoms with Crippen LogP contribution in [0.5, 0.6) is 0 Å². The Morgan fingerprint density at radius 2 is 1.80 bits per heavy atom. The summed E-state index contributed by atoms with van der Waals surface area (Å²) in [6.45, 7) is 13.6. The average Bonchev–Trinajstić information content (AvgIpc) is 2.71. The maximum Gasteiger partial charge on any atom is 0.223 e. The van der Waals surface area contributed by atoms with Gasteiger partial charge in [0.15, 0.2) is 5.82 Å². The quantitative estimate of drug-likeness (QED) is 0.785. The fourth-order valence-corrected chi connectivity index (χ4v) is 0.790. The van der Waals surface area contributed by atoms with Crippen LogP contribution in [0.3, 0.4) is 0 Å². The molecule has 0 unspecified atom stereocenters. The van der Waals surface area contributed by atoms with Crippen LogP contribution >= 0.6 is 0 Å². The molecule has 4 nitrogen and oxygen atoms in total. The summed E-state index contributed by atoms with van der Waals surface area (Å²) in [5.74, 6) is 1.36. The van der Waals surface area contributed by atoms with Gasteiger partial charge in [0.1, 0.15) is 0 Å². The van der Waals surface area contributed by atoms with Gasteiger partial charge in [-0.2, -0.15) is 4.98 Å². The van der Waals surface area contributed by atoms with Crippen molar-refractivity contribution in [2.75, 3.05) is 6.54 Å². The van der Waals surface area contributed by atoms with Crippen molar-refractivity contribution in [3.8, 4) is 0 Å². The van der Waals surface area contributed by atoms with Crippen molar-refractivity contribution in [3.63, 3.8) is 0 Å². The fourth-order valence-electron chi connectivity index (χ4n) is 0.790. The van der Waals surface area contributed by atoms with Crippen LogP contribution in [0.15, 0.2) is 4.52 Å². The second kappa shape index (κ2) is 13.1. The number of aryl methyl sites for hydroxylation is 1. The van der Waals surface area contributed by atoms with E-state index >= 15 is 0 Å². The van der Waals surface area contributed by atoms with E-state index in [0.29, 0.717) is 12.4 Å². The molecule has 0 bridgehead atoms. The second-order valence-electron chi connectivity index (χ2n) is 2.41. The Balaban J connectivity index is 0. The van der Waals surface area contributed by atoms with Crippen LogP contribution in [0.2, 0.25) is 0 Å². The number of rotatable bonds is 4. The van der Waals surface area contributed by atoms with Gasteiger partial charge in [0, 0.05) is 6.92 Å². The molecule has 0 aliphatic heterocycles. The summed E-state index contributed by atoms with van der Waals surface area (Å²) in [6, 6.07) is 0. The molecule has 0 fully saturated rings. The minimum atomic E-state index is 0.623. The molecule has 90 valence electrons. The van der Waals surface area contributed by atoms with Gasteiger partial charge in [-0.1, -0.05) is 39.8 Å². The lowest BCUT2D eigenvalue weighted by Gasteiger charge is -1.95. The molecule has 4 heteroatoms. The molecule has 0 aliphatic carbocycles. The third-order valence-corrected chi connectivity index (χ3v) is 1.28. The van der Waals surface area contributed by atoms with E-state index in [1.54, 1.807) is 6.92 Å². The van der Waals surface area contributed by atoms with Crippen molar-refractivity contribution in [3.05, 3.63) is 11.7 Å². The van der Waals surface area contributed by atoms with Crippen molar-refractivity contribution in [1.29, 1.82) is 0 Å². The predicted molar refractivity (Wildman–Crippen MR) is 63.7 cm³/mol. The van der Waals surface area contributed by atoms with Gasteiger partial charge in [-0.3, -0.25) is 0 Å². The zero-order chi connectivity index (χ0) is 12.1. The van der Waals surface area contributed by atoms with Gasteiger partial charge in [-0.15, -0.1) is 0 Å². The zero-order valence-electron chi connectivity index (χ0n) is 10.9. The molecule has 0 aromatic carbocycles. The van der Waals surface area contributed by atoms with E-state index in [1.165, 1.54) is 0 Å². The average molecular weight is 215 g/mol. The Hall–Kier alpha value is -0.900. The smallest absolute Gasteiger partial charge is 0.223 e. The van der Waals surface area contributed by atoms with Crippen molar-refractivity contribution >= 4 is 0 Å². The van der Waals surface area contributed by atoms with E-state index in [-0.39, 0.29) is 0 Å². The van der Waals surface area contributed by atoms with Crippen LogP contribution in [0, 0.1) is 6.92 Å². The predicted octanol–water partition coefficient (Wildman–Crippen LogP) is 2.93. The van der Waals surface area contributed by atoms with Gasteiger partial charge >= 0.3 is 0 Å². The van der Waals surface area contributed by atoms with Crippen LogP contribution in [0.4, 0.5) is 0 Å². The number of nitrogens with one attached hydrogen (secondary N) is 1. The summed E-state index contributed by atoms with van der Waals surface area (Å²) >= 11 is 0. The Bertz CT molecular complexity index is 211. The third-order valence-electron chi connectivity index (χ3n) is 1.28. The van der Waals surface area contributed by atoms with Crippen LogP contribution in [-0.4, -0.2) is 16.7 Å². The highest BCUT2D eigenvalue weighted by Gasteiger charge is 1.99. The molecule has 0 radical (unpaired) electrons. The van der Waals surface area contributed by atoms with Crippen LogP contribution in [0.1, 0.15) is 52.8 Å². The molecular formula is C11H25N3O. The Labute approximate surface area is 93.5 Å². The van der Waals surface area contributed by atoms with E-state index in [1.807, 2.05) is 27.7 Å². The summed E-state index contributed by atoms with van der Waals surface area (Å²) in [4.78, 5) is 4.04. The largest absolute Gasteiger partial charge is 0.340 e. The number of aromatic nitrogens is 2. The standard InChI is InChI=1S/C7H13N3O.2C2H6/c1-3-4-8-5-7-9-6(2)11-10-7;2*1-2/h8H,3-5H2,1-2H3;2*1-2H3. The molecule has 0 saturated carbocycles. The topological polar surface area (TPSA) is 51.0 Å². The molecule has 15 heavy (non-hydrogen) atoms. The van der Waals surface area contributed by atoms with Gasteiger partial charge in [0.05, 0.1) is 6.54 Å². The van der Waals surface area contributed by atoms with Crippen LogP contribution < -0.4 is 5.32 Å². The highest BCUT2D eigenvalue weighted by atomic mass is 16.5. The first-order chi connectivity index (χ1) is 7.33. The molecular weight excluding hydrogens is 190 g/mol. The Morgan fingerprint density at radius 1 is 1.20 bits per heavy atom. The number of hydrogen-bond acceptors (Lipinski definition) is 4. The highest BCUT2D eigenvalue weighted by molar-refractivity contribution is 4.82. The van der Waals surface area contributed by atoms with Gasteiger partial charge in [0.2, 0.25) is 5.89 Å². The Kier molecular flexibility index (Phi) is 14.4. The van der Waals surface area contributed by atoms with Crippen molar-refractivity contribution in [2.45, 2.75) is 54.5 Å². The number of hydrogen-bond donors (Lipinski definition) is 1. The van der Waals surface area contributed by atoms with Crippen LogP contribution in [0.25, 0.3) is 0 Å². The summed E-state index contributed by atoms with van der Waals surface area (Å²) in [6.07, 6.45) is 1.12. The lowest BCUT2D eigenvalue weighted by Crippen LogP contribution is -2.14. The monoisotopic (exact) mass is 215 g/mol. The molecule has 1 aromatic rings. The fraction of sp³-hybridized carbons (Fsp3) is 0.818. The van der Waals surface area contributed by atoms with E-state index < -0.39 is 0 Å². The second-order valence-corrected chi connectivity index (χ2v) is 2.41. The lowest BCUT2D eigenvalue weighted by atomic mass is 10.4. The zero-order valence-corrected chi connectivity index (χ0v) is 10.9. The number of nitrogens with zero attached hydrogens (tertiary/aromatic N) is 2. The van der Waals surface area contributed by atoms with Crippen molar-refractivity contribution < 1.29 is 4.52 Å². The van der Waals surface area contributed by atoms with Crippen LogP contribution in [-0.2, 0) is 6.54 Å². The molecule has 0 atom stereocenters. The summed E-state index contributed by atoms with van der Waals surface area (Å²) in [5, 5.41) is 6.92. The maximum absolute atomic E-state index is 4.79. The van der Waals surface area contributed by atoms with E-state index in [9.17, 15) is 0 Å². The van der Waals surface area contributed by atoms with Gasteiger partial charge in [-0.05, 0) is 13.0 Å². The lowest BCUT2D eigenvalue weighted by molar-refractivity contribution is 0.385. The Morgan fingerprint density at radius 3 is 2.20 bits per heavy atom. The normalized spacial score (nSPS) is 8.40. The molecule has 0 saturated heterocycles. The first-order valence-corrected chi connectivity index (χ1v) is 5.83. The maximum atomic E-state index is 4.79. The SMILES string of the molecule is CC.CC.CCCNCc1noc(C)n1. The molecule has 1 rings (SSSR count). The minimum absolute atomic E-state index is 0.623. The van der Waals surface area contributed by atoms with Gasteiger partial charge in [0.25, 0.3) is 0 Å². The molecule has 0 spiro atoms. The van der Waals surface area contributed by atoms with E-state index in [0.717, 1.165) is 18.8 Å². The molecule has 1 heterocycles. The summed E-state index contributed by atoms with van der Waals surface area (Å²) < 4.78 is 4.79. The molecule has 0 amide bonds. The van der Waals surface area contributed by atoms with E-state index in [4.69, 9.17) is 4.52 Å². The first kappa shape index (κ1) is 16.5. The van der Waals surface area contributed by atoms with Crippen molar-refractivity contribution in [2.24, 2.45) is 0 Å². The van der Waals surface area contributed by atoms with E-state index in [2.05, 4.69) is 22.4 Å². The molecule has 0 aliphatic rings.